The van der Waals surface area contributed by atoms with E-state index < -0.39 is 0 Å². The summed E-state index contributed by atoms with van der Waals surface area (Å²) in [5, 5.41) is 2.44. The van der Waals surface area contributed by atoms with Gasteiger partial charge in [0.2, 0.25) is 0 Å². The molecule has 12 heavy (non-hydrogen) atoms. The van der Waals surface area contributed by atoms with Gasteiger partial charge in [-0.05, 0) is 0 Å². The third-order valence-electron chi connectivity index (χ3n) is 1.14. The lowest BCUT2D eigenvalue weighted by atomic mass is 10.4. The van der Waals surface area contributed by atoms with Crippen LogP contribution in [0.5, 0.6) is 0 Å². The lowest BCUT2D eigenvalue weighted by Crippen LogP contribution is -2.35. The summed E-state index contributed by atoms with van der Waals surface area (Å²) in [5.41, 5.74) is 0. The highest BCUT2D eigenvalue weighted by atomic mass is 16.2. The van der Waals surface area contributed by atoms with Crippen molar-refractivity contribution in [1.82, 2.24) is 10.2 Å². The molecule has 0 saturated carbocycles. The van der Waals surface area contributed by atoms with Gasteiger partial charge in [0.05, 0.1) is 0 Å². The van der Waals surface area contributed by atoms with Gasteiger partial charge in [0.15, 0.2) is 0 Å². The highest BCUT2D eigenvalue weighted by Crippen LogP contribution is 1.84. The molecule has 0 spiro atoms. The Balaban J connectivity index is 0. The number of rotatable bonds is 3. The van der Waals surface area contributed by atoms with E-state index in [0.29, 0.717) is 13.0 Å². The second kappa shape index (κ2) is 9.94. The molecule has 0 aromatic rings. The van der Waals surface area contributed by atoms with Crippen molar-refractivity contribution in [2.45, 2.75) is 20.3 Å². The first-order valence-electron chi connectivity index (χ1n) is 4.09. The lowest BCUT2D eigenvalue weighted by molar-refractivity contribution is -0.107. The maximum atomic E-state index is 10.7. The monoisotopic (exact) mass is 174 g/mol. The molecule has 0 atom stereocenters. The number of carbonyl (C=O) groups is 2. The van der Waals surface area contributed by atoms with Gasteiger partial charge < -0.3 is 15.0 Å². The topological polar surface area (TPSA) is 49.4 Å². The van der Waals surface area contributed by atoms with Crippen molar-refractivity contribution in [3.8, 4) is 0 Å². The predicted molar refractivity (Wildman–Crippen MR) is 49.1 cm³/mol. The standard InChI is InChI=1S/C6H12N2O2.C2H6/c1-7-6(10)8(2)4-3-5-9;1-2/h5H,3-4H2,1-2H3,(H,7,10);1-2H3. The Hall–Kier alpha value is -1.06. The molecule has 0 aliphatic rings. The van der Waals surface area contributed by atoms with Gasteiger partial charge in [-0.25, -0.2) is 4.79 Å². The number of aldehydes is 1. The smallest absolute Gasteiger partial charge is 0.316 e. The highest BCUT2D eigenvalue weighted by molar-refractivity contribution is 5.73. The third kappa shape index (κ3) is 7.05. The molecule has 0 unspecified atom stereocenters. The number of amides is 2. The number of nitrogens with one attached hydrogen (secondary N) is 1. The van der Waals surface area contributed by atoms with Crippen LogP contribution in [-0.4, -0.2) is 37.9 Å². The van der Waals surface area contributed by atoms with E-state index >= 15 is 0 Å². The maximum absolute atomic E-state index is 10.7. The minimum atomic E-state index is -0.165. The summed E-state index contributed by atoms with van der Waals surface area (Å²) in [5.74, 6) is 0. The molecule has 0 rings (SSSR count). The summed E-state index contributed by atoms with van der Waals surface area (Å²) in [7, 11) is 3.20. The van der Waals surface area contributed by atoms with Crippen LogP contribution in [0.4, 0.5) is 4.79 Å². The Bertz CT molecular complexity index is 126. The average Bonchev–Trinajstić information content (AvgIpc) is 2.16. The van der Waals surface area contributed by atoms with Gasteiger partial charge in [0.25, 0.3) is 0 Å². The number of nitrogens with zero attached hydrogens (tertiary/aromatic N) is 1. The summed E-state index contributed by atoms with van der Waals surface area (Å²) < 4.78 is 0. The van der Waals surface area contributed by atoms with E-state index in [0.717, 1.165) is 6.29 Å². The van der Waals surface area contributed by atoms with E-state index in [2.05, 4.69) is 5.32 Å². The summed E-state index contributed by atoms with van der Waals surface area (Å²) in [4.78, 5) is 22.0. The van der Waals surface area contributed by atoms with E-state index in [1.807, 2.05) is 13.8 Å². The van der Waals surface area contributed by atoms with Crippen molar-refractivity contribution < 1.29 is 9.59 Å². The van der Waals surface area contributed by atoms with Crippen LogP contribution < -0.4 is 5.32 Å². The van der Waals surface area contributed by atoms with E-state index in [9.17, 15) is 9.59 Å². The lowest BCUT2D eigenvalue weighted by Gasteiger charge is -2.13. The van der Waals surface area contributed by atoms with Crippen LogP contribution in [0.15, 0.2) is 0 Å². The molecule has 0 saturated heterocycles. The van der Waals surface area contributed by atoms with Crippen LogP contribution in [-0.2, 0) is 4.79 Å². The van der Waals surface area contributed by atoms with Crippen molar-refractivity contribution in [3.63, 3.8) is 0 Å². The molecular formula is C8H18N2O2. The predicted octanol–water partition coefficient (Wildman–Crippen LogP) is 0.873. The molecule has 0 fully saturated rings. The second-order valence-corrected chi connectivity index (χ2v) is 1.93. The molecule has 2 amide bonds. The Labute approximate surface area is 73.9 Å². The normalized spacial score (nSPS) is 7.67. The van der Waals surface area contributed by atoms with Gasteiger partial charge >= 0.3 is 6.03 Å². The molecule has 0 aromatic heterocycles. The molecule has 0 bridgehead atoms. The molecule has 4 heteroatoms. The number of hydrogen-bond acceptors (Lipinski definition) is 2. The zero-order valence-corrected chi connectivity index (χ0v) is 8.26. The fraction of sp³-hybridized carbons (Fsp3) is 0.750. The Morgan fingerprint density at radius 1 is 1.50 bits per heavy atom. The summed E-state index contributed by atoms with van der Waals surface area (Å²) in [6, 6.07) is -0.165. The Morgan fingerprint density at radius 3 is 2.33 bits per heavy atom. The number of hydrogen-bond donors (Lipinski definition) is 1. The zero-order valence-electron chi connectivity index (χ0n) is 8.26. The minimum absolute atomic E-state index is 0.165. The van der Waals surface area contributed by atoms with Crippen molar-refractivity contribution >= 4 is 12.3 Å². The van der Waals surface area contributed by atoms with Crippen LogP contribution in [0.2, 0.25) is 0 Å². The van der Waals surface area contributed by atoms with Crippen LogP contribution in [0.3, 0.4) is 0 Å². The van der Waals surface area contributed by atoms with E-state index in [-0.39, 0.29) is 6.03 Å². The van der Waals surface area contributed by atoms with Gasteiger partial charge in [0, 0.05) is 27.1 Å². The fourth-order valence-electron chi connectivity index (χ4n) is 0.539. The summed E-state index contributed by atoms with van der Waals surface area (Å²) in [6.07, 6.45) is 1.18. The number of urea groups is 1. The molecule has 0 aliphatic heterocycles. The summed E-state index contributed by atoms with van der Waals surface area (Å²) in [6.45, 7) is 4.48. The SMILES string of the molecule is CC.CNC(=O)N(C)CCC=O. The first-order valence-corrected chi connectivity index (χ1v) is 4.09. The maximum Gasteiger partial charge on any atom is 0.316 e. The van der Waals surface area contributed by atoms with Crippen molar-refractivity contribution in [2.24, 2.45) is 0 Å². The van der Waals surface area contributed by atoms with Crippen LogP contribution in [0, 0.1) is 0 Å². The van der Waals surface area contributed by atoms with Gasteiger partial charge in [-0.2, -0.15) is 0 Å². The minimum Gasteiger partial charge on any atom is -0.341 e. The molecule has 0 aromatic carbocycles. The van der Waals surface area contributed by atoms with E-state index in [1.54, 1.807) is 14.1 Å². The molecule has 72 valence electrons. The highest BCUT2D eigenvalue weighted by Gasteiger charge is 2.02. The average molecular weight is 174 g/mol. The Kier molecular flexibility index (Phi) is 11.2. The molecule has 4 nitrogen and oxygen atoms in total. The third-order valence-corrected chi connectivity index (χ3v) is 1.14. The van der Waals surface area contributed by atoms with Gasteiger partial charge in [-0.15, -0.1) is 0 Å². The fourth-order valence-corrected chi connectivity index (χ4v) is 0.539. The van der Waals surface area contributed by atoms with Gasteiger partial charge in [-0.1, -0.05) is 13.8 Å². The Morgan fingerprint density at radius 2 is 2.00 bits per heavy atom. The molecular weight excluding hydrogens is 156 g/mol. The molecule has 0 heterocycles. The first-order chi connectivity index (χ1) is 5.72. The van der Waals surface area contributed by atoms with Crippen molar-refractivity contribution in [2.75, 3.05) is 20.6 Å². The second-order valence-electron chi connectivity index (χ2n) is 1.93. The molecule has 0 aliphatic carbocycles. The molecule has 0 radical (unpaired) electrons. The molecule has 1 N–H and O–H groups in total. The van der Waals surface area contributed by atoms with Crippen molar-refractivity contribution in [1.29, 1.82) is 0 Å². The van der Waals surface area contributed by atoms with Gasteiger partial charge in [-0.3, -0.25) is 0 Å². The summed E-state index contributed by atoms with van der Waals surface area (Å²) >= 11 is 0. The van der Waals surface area contributed by atoms with E-state index in [4.69, 9.17) is 0 Å². The largest absolute Gasteiger partial charge is 0.341 e. The van der Waals surface area contributed by atoms with Crippen molar-refractivity contribution in [3.05, 3.63) is 0 Å². The zero-order chi connectivity index (χ0) is 9.98. The van der Waals surface area contributed by atoms with Crippen LogP contribution in [0.1, 0.15) is 20.3 Å². The first kappa shape index (κ1) is 13.5. The van der Waals surface area contributed by atoms with Crippen LogP contribution >= 0.6 is 0 Å². The van der Waals surface area contributed by atoms with Crippen LogP contribution in [0.25, 0.3) is 0 Å². The van der Waals surface area contributed by atoms with Gasteiger partial charge in [0.1, 0.15) is 6.29 Å². The number of carbonyl (C=O) groups excluding carboxylic acids is 2. The van der Waals surface area contributed by atoms with E-state index in [1.165, 1.54) is 4.90 Å². The quantitative estimate of drug-likeness (QED) is 0.645.